The van der Waals surface area contributed by atoms with Gasteiger partial charge in [0.25, 0.3) is 0 Å². The Morgan fingerprint density at radius 3 is 2.81 bits per heavy atom. The predicted molar refractivity (Wildman–Crippen MR) is 69.0 cm³/mol. The Bertz CT molecular complexity index is 346. The van der Waals surface area contributed by atoms with E-state index < -0.39 is 0 Å². The number of rotatable bonds is 3. The van der Waals surface area contributed by atoms with Gasteiger partial charge in [0.1, 0.15) is 0 Å². The first-order valence-corrected chi connectivity index (χ1v) is 6.49. The van der Waals surface area contributed by atoms with Crippen LogP contribution in [0.3, 0.4) is 0 Å². The van der Waals surface area contributed by atoms with Crippen LogP contribution in [0, 0.1) is 12.8 Å². The fraction of sp³-hybridized carbons (Fsp3) is 0.615. The summed E-state index contributed by atoms with van der Waals surface area (Å²) in [5.41, 5.74) is 1.94. The van der Waals surface area contributed by atoms with Crippen molar-refractivity contribution in [1.29, 1.82) is 0 Å². The SMILES string of the molecule is Cc1ncc(NCC2CCCCC2)cc1Cl. The van der Waals surface area contributed by atoms with Crippen molar-refractivity contribution in [2.45, 2.75) is 39.0 Å². The van der Waals surface area contributed by atoms with E-state index in [0.717, 1.165) is 28.9 Å². The molecule has 0 saturated heterocycles. The maximum Gasteiger partial charge on any atom is 0.0639 e. The Labute approximate surface area is 102 Å². The molecule has 88 valence electrons. The largest absolute Gasteiger partial charge is 0.383 e. The minimum atomic E-state index is 0.744. The van der Waals surface area contributed by atoms with Crippen LogP contribution in [0.1, 0.15) is 37.8 Å². The van der Waals surface area contributed by atoms with Crippen molar-refractivity contribution in [2.75, 3.05) is 11.9 Å². The number of hydrogen-bond acceptors (Lipinski definition) is 2. The average Bonchev–Trinajstić information content (AvgIpc) is 2.32. The van der Waals surface area contributed by atoms with Gasteiger partial charge < -0.3 is 5.32 Å². The molecule has 0 atom stereocenters. The van der Waals surface area contributed by atoms with E-state index in [-0.39, 0.29) is 0 Å². The first-order chi connectivity index (χ1) is 7.75. The highest BCUT2D eigenvalue weighted by Gasteiger charge is 2.12. The zero-order chi connectivity index (χ0) is 11.4. The van der Waals surface area contributed by atoms with Crippen LogP contribution in [0.25, 0.3) is 0 Å². The van der Waals surface area contributed by atoms with Crippen LogP contribution in [0.4, 0.5) is 5.69 Å². The standard InChI is InChI=1S/C13H19ClN2/c1-10-13(14)7-12(9-15-10)16-8-11-5-3-2-4-6-11/h7,9,11,16H,2-6,8H2,1H3. The van der Waals surface area contributed by atoms with E-state index in [0.29, 0.717) is 0 Å². The highest BCUT2D eigenvalue weighted by molar-refractivity contribution is 6.31. The molecule has 0 bridgehead atoms. The highest BCUT2D eigenvalue weighted by atomic mass is 35.5. The molecule has 0 unspecified atom stereocenters. The molecule has 1 aliphatic rings. The van der Waals surface area contributed by atoms with Crippen LogP contribution < -0.4 is 5.32 Å². The third kappa shape index (κ3) is 3.11. The topological polar surface area (TPSA) is 24.9 Å². The summed E-state index contributed by atoms with van der Waals surface area (Å²) < 4.78 is 0. The van der Waals surface area contributed by atoms with Gasteiger partial charge in [-0.25, -0.2) is 0 Å². The maximum atomic E-state index is 6.03. The molecule has 3 heteroatoms. The van der Waals surface area contributed by atoms with Gasteiger partial charge in [0.15, 0.2) is 0 Å². The van der Waals surface area contributed by atoms with Gasteiger partial charge in [-0.3, -0.25) is 4.98 Å². The van der Waals surface area contributed by atoms with Crippen molar-refractivity contribution in [3.63, 3.8) is 0 Å². The van der Waals surface area contributed by atoms with Crippen molar-refractivity contribution in [3.05, 3.63) is 23.0 Å². The fourth-order valence-corrected chi connectivity index (χ4v) is 2.42. The molecule has 1 aromatic rings. The number of aromatic nitrogens is 1. The van der Waals surface area contributed by atoms with Crippen molar-refractivity contribution in [3.8, 4) is 0 Å². The Kier molecular flexibility index (Phi) is 4.05. The number of halogens is 1. The van der Waals surface area contributed by atoms with E-state index in [1.807, 2.05) is 19.2 Å². The Hall–Kier alpha value is -0.760. The van der Waals surface area contributed by atoms with E-state index >= 15 is 0 Å². The van der Waals surface area contributed by atoms with Crippen LogP contribution in [0.15, 0.2) is 12.3 Å². The number of hydrogen-bond donors (Lipinski definition) is 1. The molecule has 1 N–H and O–H groups in total. The molecular formula is C13H19ClN2. The molecule has 2 nitrogen and oxygen atoms in total. The number of pyridine rings is 1. The minimum absolute atomic E-state index is 0.744. The third-order valence-corrected chi connectivity index (χ3v) is 3.73. The highest BCUT2D eigenvalue weighted by Crippen LogP contribution is 2.24. The van der Waals surface area contributed by atoms with Gasteiger partial charge in [-0.15, -0.1) is 0 Å². The molecule has 16 heavy (non-hydrogen) atoms. The molecular weight excluding hydrogens is 220 g/mol. The van der Waals surface area contributed by atoms with Gasteiger partial charge in [0.2, 0.25) is 0 Å². The summed E-state index contributed by atoms with van der Waals surface area (Å²) >= 11 is 6.03. The Morgan fingerprint density at radius 2 is 2.12 bits per heavy atom. The van der Waals surface area contributed by atoms with E-state index in [1.54, 1.807) is 0 Å². The summed E-state index contributed by atoms with van der Waals surface area (Å²) in [7, 11) is 0. The molecule has 0 spiro atoms. The summed E-state index contributed by atoms with van der Waals surface area (Å²) in [6, 6.07) is 1.96. The number of anilines is 1. The van der Waals surface area contributed by atoms with E-state index in [1.165, 1.54) is 32.1 Å². The Morgan fingerprint density at radius 1 is 1.38 bits per heavy atom. The second-order valence-corrected chi connectivity index (χ2v) is 5.08. The van der Waals surface area contributed by atoms with Gasteiger partial charge in [-0.2, -0.15) is 0 Å². The lowest BCUT2D eigenvalue weighted by atomic mass is 9.89. The van der Waals surface area contributed by atoms with Crippen LogP contribution in [-0.4, -0.2) is 11.5 Å². The molecule has 0 radical (unpaired) electrons. The molecule has 0 amide bonds. The molecule has 1 saturated carbocycles. The lowest BCUT2D eigenvalue weighted by molar-refractivity contribution is 0.373. The quantitative estimate of drug-likeness (QED) is 0.860. The smallest absolute Gasteiger partial charge is 0.0639 e. The zero-order valence-electron chi connectivity index (χ0n) is 9.80. The van der Waals surface area contributed by atoms with E-state index in [2.05, 4.69) is 10.3 Å². The van der Waals surface area contributed by atoms with Crippen molar-refractivity contribution in [2.24, 2.45) is 5.92 Å². The maximum absolute atomic E-state index is 6.03. The summed E-state index contributed by atoms with van der Waals surface area (Å²) in [4.78, 5) is 4.25. The van der Waals surface area contributed by atoms with Gasteiger partial charge in [-0.05, 0) is 31.7 Å². The summed E-state index contributed by atoms with van der Waals surface area (Å²) in [5.74, 6) is 0.828. The normalized spacial score (nSPS) is 17.4. The third-order valence-electron chi connectivity index (χ3n) is 3.34. The fourth-order valence-electron chi connectivity index (χ4n) is 2.26. The van der Waals surface area contributed by atoms with Gasteiger partial charge in [-0.1, -0.05) is 30.9 Å². The van der Waals surface area contributed by atoms with E-state index in [9.17, 15) is 0 Å². The second-order valence-electron chi connectivity index (χ2n) is 4.68. The van der Waals surface area contributed by atoms with E-state index in [4.69, 9.17) is 11.6 Å². The summed E-state index contributed by atoms with van der Waals surface area (Å²) in [6.07, 6.45) is 8.77. The average molecular weight is 239 g/mol. The lowest BCUT2D eigenvalue weighted by Gasteiger charge is -2.22. The summed E-state index contributed by atoms with van der Waals surface area (Å²) in [6.45, 7) is 2.98. The monoisotopic (exact) mass is 238 g/mol. The lowest BCUT2D eigenvalue weighted by Crippen LogP contribution is -2.17. The number of aryl methyl sites for hydroxylation is 1. The van der Waals surface area contributed by atoms with Crippen molar-refractivity contribution in [1.82, 2.24) is 4.98 Å². The minimum Gasteiger partial charge on any atom is -0.383 e. The molecule has 0 aromatic carbocycles. The van der Waals surface area contributed by atoms with Crippen LogP contribution in [0.2, 0.25) is 5.02 Å². The van der Waals surface area contributed by atoms with Crippen LogP contribution >= 0.6 is 11.6 Å². The molecule has 1 heterocycles. The van der Waals surface area contributed by atoms with Gasteiger partial charge in [0, 0.05) is 6.54 Å². The predicted octanol–water partition coefficient (Wildman–Crippen LogP) is 4.04. The number of nitrogens with one attached hydrogen (secondary N) is 1. The molecule has 0 aliphatic heterocycles. The van der Waals surface area contributed by atoms with Crippen molar-refractivity contribution < 1.29 is 0 Å². The number of nitrogens with zero attached hydrogens (tertiary/aromatic N) is 1. The van der Waals surface area contributed by atoms with Gasteiger partial charge >= 0.3 is 0 Å². The molecule has 1 aliphatic carbocycles. The van der Waals surface area contributed by atoms with Gasteiger partial charge in [0.05, 0.1) is 22.6 Å². The van der Waals surface area contributed by atoms with Crippen LogP contribution in [-0.2, 0) is 0 Å². The van der Waals surface area contributed by atoms with Crippen molar-refractivity contribution >= 4 is 17.3 Å². The molecule has 2 rings (SSSR count). The van der Waals surface area contributed by atoms with Crippen LogP contribution in [0.5, 0.6) is 0 Å². The molecule has 1 fully saturated rings. The first-order valence-electron chi connectivity index (χ1n) is 6.12. The second kappa shape index (κ2) is 5.53. The zero-order valence-corrected chi connectivity index (χ0v) is 10.6. The first kappa shape index (κ1) is 11.7. The Balaban J connectivity index is 1.86. The molecule has 1 aromatic heterocycles. The summed E-state index contributed by atoms with van der Waals surface area (Å²) in [5, 5.41) is 4.18.